The van der Waals surface area contributed by atoms with Gasteiger partial charge in [0.15, 0.2) is 0 Å². The van der Waals surface area contributed by atoms with Gasteiger partial charge >= 0.3 is 0 Å². The third kappa shape index (κ3) is 2.55. The monoisotopic (exact) mass is 250 g/mol. The molecule has 3 heteroatoms. The SMILES string of the molecule is CCCc1nc(C2(C)CC2)sc1CNC1CC1. The number of hydrogen-bond donors (Lipinski definition) is 1. The van der Waals surface area contributed by atoms with E-state index in [-0.39, 0.29) is 0 Å². The van der Waals surface area contributed by atoms with E-state index in [0.29, 0.717) is 5.41 Å². The molecule has 0 radical (unpaired) electrons. The molecule has 2 aliphatic rings. The Bertz CT molecular complexity index is 402. The lowest BCUT2D eigenvalue weighted by molar-refractivity contribution is 0.685. The Morgan fingerprint density at radius 1 is 1.41 bits per heavy atom. The van der Waals surface area contributed by atoms with Gasteiger partial charge in [0.05, 0.1) is 10.7 Å². The number of nitrogens with one attached hydrogen (secondary N) is 1. The summed E-state index contributed by atoms with van der Waals surface area (Å²) in [5.41, 5.74) is 1.80. The normalized spacial score (nSPS) is 21.8. The Morgan fingerprint density at radius 2 is 2.18 bits per heavy atom. The van der Waals surface area contributed by atoms with Crippen LogP contribution in [0.3, 0.4) is 0 Å². The van der Waals surface area contributed by atoms with Crippen LogP contribution in [0, 0.1) is 0 Å². The zero-order chi connectivity index (χ0) is 11.9. The standard InChI is InChI=1S/C14H22N2S/c1-3-4-11-12(9-15-10-5-6-10)17-13(16-11)14(2)7-8-14/h10,15H,3-9H2,1-2H3. The van der Waals surface area contributed by atoms with Gasteiger partial charge in [0.25, 0.3) is 0 Å². The highest BCUT2D eigenvalue weighted by molar-refractivity contribution is 7.12. The van der Waals surface area contributed by atoms with E-state index in [4.69, 9.17) is 4.98 Å². The molecule has 1 N–H and O–H groups in total. The Labute approximate surface area is 108 Å². The summed E-state index contributed by atoms with van der Waals surface area (Å²) in [7, 11) is 0. The van der Waals surface area contributed by atoms with Gasteiger partial charge in [-0.3, -0.25) is 0 Å². The highest BCUT2D eigenvalue weighted by Gasteiger charge is 2.42. The summed E-state index contributed by atoms with van der Waals surface area (Å²) in [4.78, 5) is 6.41. The Balaban J connectivity index is 1.75. The summed E-state index contributed by atoms with van der Waals surface area (Å²) >= 11 is 1.97. The number of nitrogens with zero attached hydrogens (tertiary/aromatic N) is 1. The summed E-state index contributed by atoms with van der Waals surface area (Å²) in [6.07, 6.45) is 7.76. The minimum absolute atomic E-state index is 0.436. The van der Waals surface area contributed by atoms with Crippen LogP contribution in [0.1, 0.15) is 61.5 Å². The fourth-order valence-electron chi connectivity index (χ4n) is 2.14. The first-order chi connectivity index (χ1) is 8.21. The molecule has 0 aliphatic heterocycles. The average Bonchev–Trinajstić information content (AvgIpc) is 3.21. The largest absolute Gasteiger partial charge is 0.309 e. The molecule has 0 atom stereocenters. The lowest BCUT2D eigenvalue weighted by atomic mass is 10.1. The first kappa shape index (κ1) is 11.7. The van der Waals surface area contributed by atoms with Crippen molar-refractivity contribution in [3.05, 3.63) is 15.6 Å². The lowest BCUT2D eigenvalue weighted by Gasteiger charge is -2.01. The molecule has 2 nitrogen and oxygen atoms in total. The quantitative estimate of drug-likeness (QED) is 0.837. The fraction of sp³-hybridized carbons (Fsp3) is 0.786. The predicted octanol–water partition coefficient (Wildman–Crippen LogP) is 3.40. The van der Waals surface area contributed by atoms with Crippen molar-refractivity contribution in [1.29, 1.82) is 0 Å². The summed E-state index contributed by atoms with van der Waals surface area (Å²) in [5, 5.41) is 5.02. The summed E-state index contributed by atoms with van der Waals surface area (Å²) in [6.45, 7) is 5.66. The van der Waals surface area contributed by atoms with Crippen LogP contribution in [0.5, 0.6) is 0 Å². The van der Waals surface area contributed by atoms with Crippen molar-refractivity contribution in [2.75, 3.05) is 0 Å². The molecule has 1 heterocycles. The molecule has 0 aromatic carbocycles. The van der Waals surface area contributed by atoms with Crippen molar-refractivity contribution in [3.63, 3.8) is 0 Å². The van der Waals surface area contributed by atoms with Crippen molar-refractivity contribution in [3.8, 4) is 0 Å². The zero-order valence-electron chi connectivity index (χ0n) is 10.9. The van der Waals surface area contributed by atoms with E-state index in [2.05, 4.69) is 19.2 Å². The number of thiazole rings is 1. The highest BCUT2D eigenvalue weighted by Crippen LogP contribution is 2.49. The maximum atomic E-state index is 4.91. The summed E-state index contributed by atoms with van der Waals surface area (Å²) in [6, 6.07) is 0.798. The van der Waals surface area contributed by atoms with Gasteiger partial charge in [-0.15, -0.1) is 11.3 Å². The van der Waals surface area contributed by atoms with Crippen LogP contribution in [0.25, 0.3) is 0 Å². The third-order valence-corrected chi connectivity index (χ3v) is 5.31. The minimum atomic E-state index is 0.436. The van der Waals surface area contributed by atoms with E-state index >= 15 is 0 Å². The Morgan fingerprint density at radius 3 is 2.76 bits per heavy atom. The highest BCUT2D eigenvalue weighted by atomic mass is 32.1. The number of hydrogen-bond acceptors (Lipinski definition) is 3. The molecular weight excluding hydrogens is 228 g/mol. The van der Waals surface area contributed by atoms with Gasteiger partial charge < -0.3 is 5.32 Å². The van der Waals surface area contributed by atoms with Gasteiger partial charge in [0.2, 0.25) is 0 Å². The van der Waals surface area contributed by atoms with Crippen molar-refractivity contribution in [2.24, 2.45) is 0 Å². The van der Waals surface area contributed by atoms with Gasteiger partial charge in [-0.25, -0.2) is 4.98 Å². The molecule has 0 bridgehead atoms. The lowest BCUT2D eigenvalue weighted by Crippen LogP contribution is -2.15. The molecule has 1 aromatic heterocycles. The van der Waals surface area contributed by atoms with Crippen LogP contribution in [0.4, 0.5) is 0 Å². The van der Waals surface area contributed by atoms with Crippen molar-refractivity contribution in [1.82, 2.24) is 10.3 Å². The second-order valence-corrected chi connectivity index (χ2v) is 6.94. The van der Waals surface area contributed by atoms with Crippen LogP contribution in [0.2, 0.25) is 0 Å². The van der Waals surface area contributed by atoms with E-state index in [0.717, 1.165) is 19.0 Å². The predicted molar refractivity (Wildman–Crippen MR) is 72.6 cm³/mol. The minimum Gasteiger partial charge on any atom is -0.309 e. The number of aromatic nitrogens is 1. The molecule has 3 rings (SSSR count). The smallest absolute Gasteiger partial charge is 0.0990 e. The van der Waals surface area contributed by atoms with E-state index in [1.54, 1.807) is 0 Å². The molecule has 17 heavy (non-hydrogen) atoms. The van der Waals surface area contributed by atoms with E-state index in [1.165, 1.54) is 47.7 Å². The Hall–Kier alpha value is -0.410. The van der Waals surface area contributed by atoms with Gasteiger partial charge in [-0.05, 0) is 32.1 Å². The molecule has 0 saturated heterocycles. The van der Waals surface area contributed by atoms with E-state index in [1.807, 2.05) is 11.3 Å². The molecule has 0 unspecified atom stereocenters. The van der Waals surface area contributed by atoms with E-state index in [9.17, 15) is 0 Å². The van der Waals surface area contributed by atoms with Crippen LogP contribution >= 0.6 is 11.3 Å². The Kier molecular flexibility index (Phi) is 2.99. The first-order valence-electron chi connectivity index (χ1n) is 6.94. The molecular formula is C14H22N2S. The van der Waals surface area contributed by atoms with Crippen molar-refractivity contribution in [2.45, 2.75) is 70.4 Å². The maximum Gasteiger partial charge on any atom is 0.0990 e. The zero-order valence-corrected chi connectivity index (χ0v) is 11.7. The van der Waals surface area contributed by atoms with Crippen molar-refractivity contribution < 1.29 is 0 Å². The summed E-state index contributed by atoms with van der Waals surface area (Å²) in [5.74, 6) is 0. The van der Waals surface area contributed by atoms with E-state index < -0.39 is 0 Å². The summed E-state index contributed by atoms with van der Waals surface area (Å²) < 4.78 is 0. The number of aryl methyl sites for hydroxylation is 1. The maximum absolute atomic E-state index is 4.91. The molecule has 0 spiro atoms. The topological polar surface area (TPSA) is 24.9 Å². The second-order valence-electron chi connectivity index (χ2n) is 5.85. The van der Waals surface area contributed by atoms with Crippen LogP contribution in [-0.2, 0) is 18.4 Å². The third-order valence-electron chi connectivity index (χ3n) is 3.91. The van der Waals surface area contributed by atoms with Crippen LogP contribution in [0.15, 0.2) is 0 Å². The molecule has 0 amide bonds. The van der Waals surface area contributed by atoms with Gasteiger partial charge in [-0.2, -0.15) is 0 Å². The van der Waals surface area contributed by atoms with Crippen LogP contribution in [-0.4, -0.2) is 11.0 Å². The van der Waals surface area contributed by atoms with Crippen LogP contribution < -0.4 is 5.32 Å². The molecule has 2 aliphatic carbocycles. The molecule has 2 fully saturated rings. The van der Waals surface area contributed by atoms with Gasteiger partial charge in [0, 0.05) is 22.9 Å². The molecule has 1 aromatic rings. The molecule has 2 saturated carbocycles. The van der Waals surface area contributed by atoms with Crippen molar-refractivity contribution >= 4 is 11.3 Å². The van der Waals surface area contributed by atoms with Gasteiger partial charge in [0.1, 0.15) is 0 Å². The number of rotatable bonds is 6. The van der Waals surface area contributed by atoms with Gasteiger partial charge in [-0.1, -0.05) is 20.3 Å². The fourth-order valence-corrected chi connectivity index (χ4v) is 3.40. The average molecular weight is 250 g/mol. The second kappa shape index (κ2) is 4.36. The first-order valence-corrected chi connectivity index (χ1v) is 7.75. The molecule has 94 valence electrons.